The van der Waals surface area contributed by atoms with Crippen molar-refractivity contribution in [2.45, 2.75) is 12.2 Å². The number of hydrogen-bond donors (Lipinski definition) is 1. The zero-order chi connectivity index (χ0) is 16.0. The molecule has 1 aromatic carbocycles. The van der Waals surface area contributed by atoms with E-state index < -0.39 is 29.6 Å². The molecule has 2 bridgehead atoms. The standard InChI is InChI=1S/C16H14N2O5/c19-12(8-22-9-4-2-1-3-5-9)17-18-15(20)13-10-6-7-11(23-10)14(13)16(18)21/h1-7,10-11,13-14H,8H2,(H,17,19)/t10-,11+,13?,14?. The molecule has 2 saturated heterocycles. The van der Waals surface area contributed by atoms with Crippen LogP contribution < -0.4 is 10.2 Å². The van der Waals surface area contributed by atoms with E-state index in [4.69, 9.17) is 9.47 Å². The second-order valence-corrected chi connectivity index (χ2v) is 5.65. The van der Waals surface area contributed by atoms with Gasteiger partial charge in [-0.2, -0.15) is 5.01 Å². The minimum absolute atomic E-state index is 0.280. The number of rotatable bonds is 4. The SMILES string of the molecule is O=C(COc1ccccc1)NN1C(=O)C2C(C1=O)[C@H]1C=C[C@@H]2O1. The number of nitrogens with zero attached hydrogens (tertiary/aromatic N) is 1. The van der Waals surface area contributed by atoms with Gasteiger partial charge in [-0.25, -0.2) is 0 Å². The summed E-state index contributed by atoms with van der Waals surface area (Å²) in [5.41, 5.74) is 2.33. The first kappa shape index (κ1) is 14.0. The second kappa shape index (κ2) is 5.20. The van der Waals surface area contributed by atoms with Crippen LogP contribution in [0.1, 0.15) is 0 Å². The molecule has 7 nitrogen and oxygen atoms in total. The molecular weight excluding hydrogens is 300 g/mol. The number of para-hydroxylation sites is 1. The number of carbonyl (C=O) groups excluding carboxylic acids is 3. The van der Waals surface area contributed by atoms with Crippen molar-refractivity contribution in [1.82, 2.24) is 10.4 Å². The van der Waals surface area contributed by atoms with Crippen molar-refractivity contribution in [2.24, 2.45) is 11.8 Å². The van der Waals surface area contributed by atoms with Crippen molar-refractivity contribution < 1.29 is 23.9 Å². The maximum Gasteiger partial charge on any atom is 0.276 e. The van der Waals surface area contributed by atoms with Crippen LogP contribution in [0.3, 0.4) is 0 Å². The summed E-state index contributed by atoms with van der Waals surface area (Å²) in [6, 6.07) is 8.82. The predicted octanol–water partition coefficient (Wildman–Crippen LogP) is 0.0350. The van der Waals surface area contributed by atoms with Crippen molar-refractivity contribution in [1.29, 1.82) is 0 Å². The molecule has 0 aromatic heterocycles. The van der Waals surface area contributed by atoms with E-state index in [2.05, 4.69) is 5.43 Å². The molecule has 7 heteroatoms. The largest absolute Gasteiger partial charge is 0.484 e. The molecule has 4 atom stereocenters. The van der Waals surface area contributed by atoms with E-state index in [0.29, 0.717) is 5.75 Å². The lowest BCUT2D eigenvalue weighted by molar-refractivity contribution is -0.151. The predicted molar refractivity (Wildman–Crippen MR) is 76.7 cm³/mol. The topological polar surface area (TPSA) is 84.9 Å². The highest BCUT2D eigenvalue weighted by Crippen LogP contribution is 2.44. The molecule has 1 N–H and O–H groups in total. The van der Waals surface area contributed by atoms with Gasteiger partial charge in [0, 0.05) is 0 Å². The lowest BCUT2D eigenvalue weighted by atomic mass is 9.85. The summed E-state index contributed by atoms with van der Waals surface area (Å²) >= 11 is 0. The Labute approximate surface area is 131 Å². The lowest BCUT2D eigenvalue weighted by Gasteiger charge is -2.18. The summed E-state index contributed by atoms with van der Waals surface area (Å²) in [6.07, 6.45) is 2.84. The van der Waals surface area contributed by atoms with Gasteiger partial charge in [0.2, 0.25) is 0 Å². The highest BCUT2D eigenvalue weighted by Gasteiger charge is 2.61. The van der Waals surface area contributed by atoms with Gasteiger partial charge in [-0.05, 0) is 12.1 Å². The number of hydrogen-bond acceptors (Lipinski definition) is 5. The number of carbonyl (C=O) groups is 3. The van der Waals surface area contributed by atoms with Crippen LogP contribution in [0.5, 0.6) is 5.75 Å². The Hall–Kier alpha value is -2.67. The summed E-state index contributed by atoms with van der Waals surface area (Å²) in [5.74, 6) is -1.94. The van der Waals surface area contributed by atoms with E-state index in [1.807, 2.05) is 6.07 Å². The van der Waals surface area contributed by atoms with Crippen LogP contribution in [0.4, 0.5) is 0 Å². The second-order valence-electron chi connectivity index (χ2n) is 5.65. The molecule has 2 unspecified atom stereocenters. The first-order valence-corrected chi connectivity index (χ1v) is 7.34. The first-order valence-electron chi connectivity index (χ1n) is 7.34. The maximum atomic E-state index is 12.3. The van der Waals surface area contributed by atoms with Gasteiger partial charge < -0.3 is 9.47 Å². The van der Waals surface area contributed by atoms with Gasteiger partial charge in [-0.3, -0.25) is 19.8 Å². The molecular formula is C16H14N2O5. The Morgan fingerprint density at radius 3 is 2.30 bits per heavy atom. The molecule has 4 rings (SSSR count). The van der Waals surface area contributed by atoms with E-state index in [9.17, 15) is 14.4 Å². The molecule has 1 aromatic rings. The number of benzene rings is 1. The Morgan fingerprint density at radius 2 is 1.70 bits per heavy atom. The van der Waals surface area contributed by atoms with Crippen LogP contribution in [-0.2, 0) is 19.1 Å². The average molecular weight is 314 g/mol. The van der Waals surface area contributed by atoms with Gasteiger partial charge in [-0.1, -0.05) is 30.4 Å². The number of ether oxygens (including phenoxy) is 2. The van der Waals surface area contributed by atoms with Crippen molar-refractivity contribution in [3.8, 4) is 5.75 Å². The molecule has 3 aliphatic heterocycles. The van der Waals surface area contributed by atoms with Crippen LogP contribution in [0.25, 0.3) is 0 Å². The van der Waals surface area contributed by atoms with Crippen LogP contribution in [0.2, 0.25) is 0 Å². The van der Waals surface area contributed by atoms with E-state index >= 15 is 0 Å². The molecule has 0 saturated carbocycles. The minimum Gasteiger partial charge on any atom is -0.484 e. The van der Waals surface area contributed by atoms with Crippen LogP contribution in [0.15, 0.2) is 42.5 Å². The van der Waals surface area contributed by atoms with E-state index in [0.717, 1.165) is 5.01 Å². The van der Waals surface area contributed by atoms with Crippen LogP contribution in [-0.4, -0.2) is 41.5 Å². The molecule has 0 aliphatic carbocycles. The Kier molecular flexibility index (Phi) is 3.16. The summed E-state index contributed by atoms with van der Waals surface area (Å²) < 4.78 is 10.8. The smallest absolute Gasteiger partial charge is 0.276 e. The number of nitrogens with one attached hydrogen (secondary N) is 1. The summed E-state index contributed by atoms with van der Waals surface area (Å²) in [5, 5.41) is 0.807. The minimum atomic E-state index is -0.559. The van der Waals surface area contributed by atoms with Crippen molar-refractivity contribution in [2.75, 3.05) is 6.61 Å². The van der Waals surface area contributed by atoms with Crippen LogP contribution in [0, 0.1) is 11.8 Å². The highest BCUT2D eigenvalue weighted by atomic mass is 16.5. The summed E-state index contributed by atoms with van der Waals surface area (Å²) in [6.45, 7) is -0.280. The summed E-state index contributed by atoms with van der Waals surface area (Å²) in [4.78, 5) is 36.6. The third kappa shape index (κ3) is 2.20. The lowest BCUT2D eigenvalue weighted by Crippen LogP contribution is -2.49. The number of amides is 3. The van der Waals surface area contributed by atoms with Gasteiger partial charge in [-0.15, -0.1) is 0 Å². The Bertz CT molecular complexity index is 672. The van der Waals surface area contributed by atoms with Gasteiger partial charge in [0.25, 0.3) is 17.7 Å². The van der Waals surface area contributed by atoms with Gasteiger partial charge in [0.1, 0.15) is 5.75 Å². The third-order valence-corrected chi connectivity index (χ3v) is 4.26. The summed E-state index contributed by atoms with van der Waals surface area (Å²) in [7, 11) is 0. The monoisotopic (exact) mass is 314 g/mol. The highest BCUT2D eigenvalue weighted by molar-refractivity contribution is 6.07. The Balaban J connectivity index is 1.39. The van der Waals surface area contributed by atoms with Gasteiger partial charge >= 0.3 is 0 Å². The quantitative estimate of drug-likeness (QED) is 0.626. The molecule has 0 spiro atoms. The fraction of sp³-hybridized carbons (Fsp3) is 0.312. The fourth-order valence-electron chi connectivity index (χ4n) is 3.24. The normalized spacial score (nSPS) is 30.7. The fourth-order valence-corrected chi connectivity index (χ4v) is 3.24. The zero-order valence-electron chi connectivity index (χ0n) is 12.0. The molecule has 2 fully saturated rings. The zero-order valence-corrected chi connectivity index (χ0v) is 12.0. The molecule has 3 heterocycles. The Morgan fingerprint density at radius 1 is 1.09 bits per heavy atom. The molecule has 3 amide bonds. The van der Waals surface area contributed by atoms with Gasteiger partial charge in [0.05, 0.1) is 24.0 Å². The molecule has 118 valence electrons. The maximum absolute atomic E-state index is 12.3. The van der Waals surface area contributed by atoms with Crippen LogP contribution >= 0.6 is 0 Å². The third-order valence-electron chi connectivity index (χ3n) is 4.26. The average Bonchev–Trinajstić information content (AvgIpc) is 3.24. The number of imide groups is 1. The molecule has 3 aliphatic rings. The van der Waals surface area contributed by atoms with Crippen molar-refractivity contribution in [3.05, 3.63) is 42.5 Å². The van der Waals surface area contributed by atoms with E-state index in [1.54, 1.807) is 36.4 Å². The molecule has 0 radical (unpaired) electrons. The van der Waals surface area contributed by atoms with Crippen molar-refractivity contribution >= 4 is 17.7 Å². The van der Waals surface area contributed by atoms with Gasteiger partial charge in [0.15, 0.2) is 6.61 Å². The van der Waals surface area contributed by atoms with Crippen molar-refractivity contribution in [3.63, 3.8) is 0 Å². The number of fused-ring (bicyclic) bond motifs is 5. The molecule has 23 heavy (non-hydrogen) atoms. The van der Waals surface area contributed by atoms with E-state index in [-0.39, 0.29) is 18.8 Å². The van der Waals surface area contributed by atoms with E-state index in [1.165, 1.54) is 0 Å². The first-order chi connectivity index (χ1) is 11.1. The number of hydrazine groups is 1.